The predicted molar refractivity (Wildman–Crippen MR) is 127 cm³/mol. The van der Waals surface area contributed by atoms with Crippen LogP contribution in [0.2, 0.25) is 0 Å². The summed E-state index contributed by atoms with van der Waals surface area (Å²) in [6.07, 6.45) is 3.01. The average molecular weight is 445 g/mol. The minimum absolute atomic E-state index is 0.136. The number of nitrogens with one attached hydrogen (secondary N) is 1. The van der Waals surface area contributed by atoms with Crippen molar-refractivity contribution in [1.29, 1.82) is 0 Å². The van der Waals surface area contributed by atoms with E-state index in [9.17, 15) is 4.79 Å². The largest absolute Gasteiger partial charge is 0.489 e. The molecule has 33 heavy (non-hydrogen) atoms. The molecule has 1 aliphatic rings. The van der Waals surface area contributed by atoms with Crippen LogP contribution in [0.15, 0.2) is 66.7 Å². The van der Waals surface area contributed by atoms with Crippen LogP contribution in [0.3, 0.4) is 0 Å². The van der Waals surface area contributed by atoms with E-state index < -0.39 is 12.0 Å². The lowest BCUT2D eigenvalue weighted by Gasteiger charge is -2.28. The molecule has 7 nitrogen and oxygen atoms in total. The van der Waals surface area contributed by atoms with Crippen molar-refractivity contribution in [1.82, 2.24) is 14.8 Å². The smallest absolute Gasteiger partial charge is 0.338 e. The van der Waals surface area contributed by atoms with Gasteiger partial charge in [-0.2, -0.15) is 10.1 Å². The summed E-state index contributed by atoms with van der Waals surface area (Å²) in [6.45, 7) is 12.4. The van der Waals surface area contributed by atoms with E-state index in [4.69, 9.17) is 9.47 Å². The number of esters is 1. The molecule has 0 fully saturated rings. The van der Waals surface area contributed by atoms with E-state index in [0.29, 0.717) is 23.8 Å². The third kappa shape index (κ3) is 4.53. The Hall–Kier alpha value is -3.87. The molecule has 3 aromatic rings. The van der Waals surface area contributed by atoms with Gasteiger partial charge in [0.05, 0.1) is 5.57 Å². The minimum atomic E-state index is -0.461. The first kappa shape index (κ1) is 22.3. The maximum absolute atomic E-state index is 12.8. The number of hydrogen-bond donors (Lipinski definition) is 1. The molecule has 170 valence electrons. The summed E-state index contributed by atoms with van der Waals surface area (Å²) in [5.41, 5.74) is 6.95. The van der Waals surface area contributed by atoms with E-state index in [1.807, 2.05) is 31.2 Å². The standard InChI is InChI=1S/C26H28N4O3/c1-6-11-32-25(31)23-19(5)29-26-27-15-28-30(26)24(23)20-7-9-22(10-8-20)33-14-21-13-17(3)16(2)12-18(21)4/h6-10,12-13,15,24H,1,11,14H2,2-5H3,(H,27,28,29). The summed E-state index contributed by atoms with van der Waals surface area (Å²) < 4.78 is 13.1. The lowest BCUT2D eigenvalue weighted by molar-refractivity contribution is -0.138. The van der Waals surface area contributed by atoms with Crippen molar-refractivity contribution < 1.29 is 14.3 Å². The van der Waals surface area contributed by atoms with Crippen LogP contribution in [0.5, 0.6) is 5.75 Å². The molecule has 0 aliphatic carbocycles. The first-order valence-electron chi connectivity index (χ1n) is 10.8. The number of aromatic nitrogens is 3. The monoisotopic (exact) mass is 444 g/mol. The van der Waals surface area contributed by atoms with Crippen molar-refractivity contribution in [3.8, 4) is 5.75 Å². The highest BCUT2D eigenvalue weighted by Gasteiger charge is 2.34. The predicted octanol–water partition coefficient (Wildman–Crippen LogP) is 4.80. The zero-order valence-corrected chi connectivity index (χ0v) is 19.4. The third-order valence-corrected chi connectivity index (χ3v) is 5.89. The van der Waals surface area contributed by atoms with Crippen molar-refractivity contribution in [2.24, 2.45) is 0 Å². The van der Waals surface area contributed by atoms with Crippen LogP contribution in [0.1, 0.15) is 40.8 Å². The number of carbonyl (C=O) groups is 1. The molecule has 1 aliphatic heterocycles. The van der Waals surface area contributed by atoms with Gasteiger partial charge in [0.15, 0.2) is 0 Å². The number of fused-ring (bicyclic) bond motifs is 1. The molecule has 0 spiro atoms. The van der Waals surface area contributed by atoms with Crippen LogP contribution in [0.4, 0.5) is 5.95 Å². The van der Waals surface area contributed by atoms with Gasteiger partial charge in [-0.1, -0.05) is 36.9 Å². The Morgan fingerprint density at radius 2 is 1.85 bits per heavy atom. The molecule has 0 amide bonds. The van der Waals surface area contributed by atoms with Crippen molar-refractivity contribution in [3.05, 3.63) is 94.5 Å². The number of rotatable bonds is 7. The van der Waals surface area contributed by atoms with Crippen LogP contribution < -0.4 is 10.1 Å². The van der Waals surface area contributed by atoms with Crippen LogP contribution >= 0.6 is 0 Å². The molecule has 1 aromatic heterocycles. The van der Waals surface area contributed by atoms with Crippen molar-refractivity contribution in [3.63, 3.8) is 0 Å². The summed E-state index contributed by atoms with van der Waals surface area (Å²) in [6, 6.07) is 11.6. The Morgan fingerprint density at radius 1 is 1.12 bits per heavy atom. The number of nitrogens with zero attached hydrogens (tertiary/aromatic N) is 3. The van der Waals surface area contributed by atoms with Gasteiger partial charge in [0.2, 0.25) is 5.95 Å². The summed E-state index contributed by atoms with van der Waals surface area (Å²) in [5.74, 6) is 0.903. The van der Waals surface area contributed by atoms with E-state index in [1.54, 1.807) is 10.8 Å². The number of ether oxygens (including phenoxy) is 2. The van der Waals surface area contributed by atoms with Gasteiger partial charge >= 0.3 is 5.97 Å². The van der Waals surface area contributed by atoms with Gasteiger partial charge in [-0.25, -0.2) is 9.48 Å². The normalized spacial score (nSPS) is 15.0. The lowest BCUT2D eigenvalue weighted by atomic mass is 9.96. The molecule has 2 aromatic carbocycles. The molecule has 0 saturated heterocycles. The van der Waals surface area contributed by atoms with Crippen molar-refractivity contribution in [2.45, 2.75) is 40.3 Å². The number of allylic oxidation sites excluding steroid dienone is 1. The molecule has 1 N–H and O–H groups in total. The second-order valence-electron chi connectivity index (χ2n) is 8.20. The molecule has 2 heterocycles. The maximum Gasteiger partial charge on any atom is 0.338 e. The quantitative estimate of drug-likeness (QED) is 0.417. The Labute approximate surface area is 193 Å². The number of carbonyl (C=O) groups excluding carboxylic acids is 1. The Bertz CT molecular complexity index is 1220. The molecule has 0 radical (unpaired) electrons. The number of aryl methyl sites for hydroxylation is 3. The third-order valence-electron chi connectivity index (χ3n) is 5.89. The fourth-order valence-electron chi connectivity index (χ4n) is 3.96. The van der Waals surface area contributed by atoms with E-state index in [2.05, 4.69) is 54.9 Å². The van der Waals surface area contributed by atoms with E-state index in [1.165, 1.54) is 28.6 Å². The van der Waals surface area contributed by atoms with Gasteiger partial charge in [-0.15, -0.1) is 0 Å². The highest BCUT2D eigenvalue weighted by molar-refractivity contribution is 5.92. The van der Waals surface area contributed by atoms with Gasteiger partial charge < -0.3 is 14.8 Å². The molecule has 0 bridgehead atoms. The summed E-state index contributed by atoms with van der Waals surface area (Å²) in [4.78, 5) is 17.1. The van der Waals surface area contributed by atoms with E-state index in [-0.39, 0.29) is 6.61 Å². The highest BCUT2D eigenvalue weighted by Crippen LogP contribution is 2.35. The van der Waals surface area contributed by atoms with Crippen molar-refractivity contribution >= 4 is 11.9 Å². The zero-order chi connectivity index (χ0) is 23.5. The zero-order valence-electron chi connectivity index (χ0n) is 19.4. The van der Waals surface area contributed by atoms with Crippen LogP contribution in [-0.4, -0.2) is 27.3 Å². The molecule has 0 saturated carbocycles. The lowest BCUT2D eigenvalue weighted by Crippen LogP contribution is -2.29. The van der Waals surface area contributed by atoms with Gasteiger partial charge in [-0.3, -0.25) is 0 Å². The summed E-state index contributed by atoms with van der Waals surface area (Å²) in [5, 5.41) is 7.46. The van der Waals surface area contributed by atoms with Crippen LogP contribution in [0, 0.1) is 20.8 Å². The molecular formula is C26H28N4O3. The fourth-order valence-corrected chi connectivity index (χ4v) is 3.96. The van der Waals surface area contributed by atoms with Gasteiger partial charge in [0.25, 0.3) is 0 Å². The molecule has 1 atom stereocenters. The average Bonchev–Trinajstić information content (AvgIpc) is 3.26. The van der Waals surface area contributed by atoms with Crippen LogP contribution in [0.25, 0.3) is 0 Å². The second kappa shape index (κ2) is 9.32. The van der Waals surface area contributed by atoms with Gasteiger partial charge in [0, 0.05) is 5.70 Å². The SMILES string of the molecule is C=CCOC(=O)C1=C(C)Nc2ncnn2C1c1ccc(OCc2cc(C)c(C)cc2C)cc1. The van der Waals surface area contributed by atoms with E-state index in [0.717, 1.165) is 11.3 Å². The van der Waals surface area contributed by atoms with Crippen LogP contribution in [-0.2, 0) is 16.1 Å². The van der Waals surface area contributed by atoms with Gasteiger partial charge in [-0.05, 0) is 67.6 Å². The number of hydrogen-bond acceptors (Lipinski definition) is 6. The molecule has 1 unspecified atom stereocenters. The highest BCUT2D eigenvalue weighted by atomic mass is 16.5. The first-order valence-corrected chi connectivity index (χ1v) is 10.8. The van der Waals surface area contributed by atoms with Gasteiger partial charge in [0.1, 0.15) is 31.3 Å². The first-order chi connectivity index (χ1) is 15.9. The Balaban J connectivity index is 1.58. The minimum Gasteiger partial charge on any atom is -0.489 e. The fraction of sp³-hybridized carbons (Fsp3) is 0.269. The number of benzene rings is 2. The Kier molecular flexibility index (Phi) is 6.31. The molecular weight excluding hydrogens is 416 g/mol. The van der Waals surface area contributed by atoms with Crippen molar-refractivity contribution in [2.75, 3.05) is 11.9 Å². The summed E-state index contributed by atoms with van der Waals surface area (Å²) in [7, 11) is 0. The second-order valence-corrected chi connectivity index (χ2v) is 8.20. The van der Waals surface area contributed by atoms with E-state index >= 15 is 0 Å². The molecule has 4 rings (SSSR count). The molecule has 7 heteroatoms. The Morgan fingerprint density at radius 3 is 2.58 bits per heavy atom. The topological polar surface area (TPSA) is 78.3 Å². The number of anilines is 1. The maximum atomic E-state index is 12.8. The summed E-state index contributed by atoms with van der Waals surface area (Å²) >= 11 is 0.